The summed E-state index contributed by atoms with van der Waals surface area (Å²) in [5.74, 6) is -1.78. The van der Waals surface area contributed by atoms with Crippen molar-refractivity contribution in [3.8, 4) is 6.07 Å². The first-order chi connectivity index (χ1) is 11.0. The smallest absolute Gasteiger partial charge is 0.326 e. The van der Waals surface area contributed by atoms with Crippen LogP contribution in [-0.2, 0) is 9.59 Å². The maximum atomic E-state index is 12.8. The Morgan fingerprint density at radius 2 is 2.09 bits per heavy atom. The summed E-state index contributed by atoms with van der Waals surface area (Å²) in [6.45, 7) is 0. The third-order valence-electron chi connectivity index (χ3n) is 2.81. The average molecular weight is 337 g/mol. The number of halogens is 1. The second kappa shape index (κ2) is 9.48. The van der Waals surface area contributed by atoms with Crippen LogP contribution in [0.3, 0.4) is 0 Å². The molecule has 0 aliphatic heterocycles. The van der Waals surface area contributed by atoms with Crippen molar-refractivity contribution in [3.05, 3.63) is 41.9 Å². The van der Waals surface area contributed by atoms with Crippen LogP contribution in [0.4, 0.5) is 10.1 Å². The SMILES string of the molecule is CSCCC(NC(=O)/C(C#N)=C\Nc1ccc(F)cc1)C(=O)O. The lowest BCUT2D eigenvalue weighted by Crippen LogP contribution is -2.41. The highest BCUT2D eigenvalue weighted by Gasteiger charge is 2.21. The molecule has 1 unspecified atom stereocenters. The molecular weight excluding hydrogens is 321 g/mol. The van der Waals surface area contributed by atoms with Gasteiger partial charge in [-0.05, 0) is 42.7 Å². The quantitative estimate of drug-likeness (QED) is 0.495. The minimum absolute atomic E-state index is 0.256. The number of carbonyl (C=O) groups excluding carboxylic acids is 1. The monoisotopic (exact) mass is 337 g/mol. The van der Waals surface area contributed by atoms with Gasteiger partial charge in [0.1, 0.15) is 23.5 Å². The Labute approximate surface area is 137 Å². The molecule has 122 valence electrons. The van der Waals surface area contributed by atoms with E-state index in [9.17, 15) is 14.0 Å². The van der Waals surface area contributed by atoms with Gasteiger partial charge in [0.25, 0.3) is 5.91 Å². The van der Waals surface area contributed by atoms with Gasteiger partial charge >= 0.3 is 5.97 Å². The van der Waals surface area contributed by atoms with Crippen molar-refractivity contribution in [1.29, 1.82) is 5.26 Å². The van der Waals surface area contributed by atoms with E-state index in [0.717, 1.165) is 6.20 Å². The molecule has 0 bridgehead atoms. The predicted octanol–water partition coefficient (Wildman–Crippen LogP) is 1.97. The first-order valence-electron chi connectivity index (χ1n) is 6.63. The first-order valence-corrected chi connectivity index (χ1v) is 8.02. The van der Waals surface area contributed by atoms with Crippen molar-refractivity contribution in [2.24, 2.45) is 0 Å². The van der Waals surface area contributed by atoms with Crippen LogP contribution in [0.15, 0.2) is 36.0 Å². The summed E-state index contributed by atoms with van der Waals surface area (Å²) in [6, 6.07) is 5.98. The lowest BCUT2D eigenvalue weighted by Gasteiger charge is -2.13. The second-order valence-corrected chi connectivity index (χ2v) is 5.45. The van der Waals surface area contributed by atoms with Crippen LogP contribution in [0.2, 0.25) is 0 Å². The third kappa shape index (κ3) is 6.40. The molecule has 0 aliphatic carbocycles. The lowest BCUT2D eigenvalue weighted by atomic mass is 10.2. The molecule has 0 saturated carbocycles. The van der Waals surface area contributed by atoms with Crippen LogP contribution in [0.5, 0.6) is 0 Å². The number of amides is 1. The number of nitrogens with one attached hydrogen (secondary N) is 2. The zero-order chi connectivity index (χ0) is 17.2. The van der Waals surface area contributed by atoms with E-state index in [4.69, 9.17) is 10.4 Å². The molecule has 0 heterocycles. The highest BCUT2D eigenvalue weighted by molar-refractivity contribution is 7.98. The topological polar surface area (TPSA) is 102 Å². The van der Waals surface area contributed by atoms with Crippen molar-refractivity contribution < 1.29 is 19.1 Å². The summed E-state index contributed by atoms with van der Waals surface area (Å²) < 4.78 is 12.8. The van der Waals surface area contributed by atoms with Crippen LogP contribution in [0.1, 0.15) is 6.42 Å². The molecule has 1 aromatic carbocycles. The third-order valence-corrected chi connectivity index (χ3v) is 3.45. The minimum Gasteiger partial charge on any atom is -0.480 e. The normalized spacial score (nSPS) is 12.1. The van der Waals surface area contributed by atoms with E-state index in [2.05, 4.69) is 10.6 Å². The number of nitriles is 1. The van der Waals surface area contributed by atoms with E-state index >= 15 is 0 Å². The Morgan fingerprint density at radius 1 is 1.43 bits per heavy atom. The molecule has 0 saturated heterocycles. The number of carboxylic acid groups (broad SMARTS) is 1. The van der Waals surface area contributed by atoms with Crippen LogP contribution < -0.4 is 10.6 Å². The molecule has 0 radical (unpaired) electrons. The zero-order valence-corrected chi connectivity index (χ0v) is 13.2. The van der Waals surface area contributed by atoms with E-state index in [1.807, 2.05) is 6.26 Å². The Morgan fingerprint density at radius 3 is 2.61 bits per heavy atom. The molecule has 0 fully saturated rings. The number of carbonyl (C=O) groups is 2. The largest absolute Gasteiger partial charge is 0.480 e. The van der Waals surface area contributed by atoms with E-state index in [0.29, 0.717) is 11.4 Å². The standard InChI is InChI=1S/C15H16FN3O3S/c1-23-7-6-13(15(21)22)19-14(20)10(8-17)9-18-12-4-2-11(16)3-5-12/h2-5,9,13,18H,6-7H2,1H3,(H,19,20)(H,21,22)/b10-9-. The molecule has 1 amide bonds. The van der Waals surface area contributed by atoms with Gasteiger partial charge in [-0.2, -0.15) is 17.0 Å². The molecule has 1 atom stereocenters. The van der Waals surface area contributed by atoms with Crippen molar-refractivity contribution in [3.63, 3.8) is 0 Å². The van der Waals surface area contributed by atoms with E-state index in [1.165, 1.54) is 36.0 Å². The molecule has 0 spiro atoms. The summed E-state index contributed by atoms with van der Waals surface area (Å²) in [4.78, 5) is 23.0. The highest BCUT2D eigenvalue weighted by atomic mass is 32.2. The number of nitrogens with zero attached hydrogens (tertiary/aromatic N) is 1. The number of rotatable bonds is 8. The summed E-state index contributed by atoms with van der Waals surface area (Å²) >= 11 is 1.46. The van der Waals surface area contributed by atoms with Crippen molar-refractivity contribution >= 4 is 29.3 Å². The number of anilines is 1. The summed E-state index contributed by atoms with van der Waals surface area (Å²) in [6.07, 6.45) is 3.23. The first kappa shape index (κ1) is 18.5. The van der Waals surface area contributed by atoms with Gasteiger partial charge in [-0.15, -0.1) is 0 Å². The van der Waals surface area contributed by atoms with Gasteiger partial charge in [-0.1, -0.05) is 0 Å². The molecule has 1 aromatic rings. The molecule has 8 heteroatoms. The number of thioether (sulfide) groups is 1. The van der Waals surface area contributed by atoms with E-state index in [-0.39, 0.29) is 12.0 Å². The molecule has 0 aliphatic rings. The second-order valence-electron chi connectivity index (χ2n) is 4.47. The molecule has 3 N–H and O–H groups in total. The fourth-order valence-electron chi connectivity index (χ4n) is 1.58. The Bertz CT molecular complexity index is 626. The Balaban J connectivity index is 2.73. The molecule has 6 nitrogen and oxygen atoms in total. The molecule has 0 aromatic heterocycles. The maximum Gasteiger partial charge on any atom is 0.326 e. The Hall–Kier alpha value is -2.53. The number of aliphatic carboxylic acids is 1. The number of carboxylic acids is 1. The van der Waals surface area contributed by atoms with Crippen LogP contribution >= 0.6 is 11.8 Å². The van der Waals surface area contributed by atoms with Crippen LogP contribution in [-0.4, -0.2) is 35.0 Å². The van der Waals surface area contributed by atoms with Gasteiger partial charge < -0.3 is 15.7 Å². The summed E-state index contributed by atoms with van der Waals surface area (Å²) in [5.41, 5.74) is 0.217. The van der Waals surface area contributed by atoms with Gasteiger partial charge in [0.2, 0.25) is 0 Å². The molecule has 23 heavy (non-hydrogen) atoms. The van der Waals surface area contributed by atoms with Crippen LogP contribution in [0, 0.1) is 17.1 Å². The van der Waals surface area contributed by atoms with Crippen LogP contribution in [0.25, 0.3) is 0 Å². The summed E-state index contributed by atoms with van der Waals surface area (Å²) in [5, 5.41) is 23.1. The minimum atomic E-state index is -1.16. The number of benzene rings is 1. The number of hydrogen-bond donors (Lipinski definition) is 3. The molecule has 1 rings (SSSR count). The van der Waals surface area contributed by atoms with Gasteiger partial charge in [-0.25, -0.2) is 9.18 Å². The van der Waals surface area contributed by atoms with E-state index in [1.54, 1.807) is 6.07 Å². The maximum absolute atomic E-state index is 12.8. The van der Waals surface area contributed by atoms with Gasteiger partial charge in [0, 0.05) is 11.9 Å². The fraction of sp³-hybridized carbons (Fsp3) is 0.267. The average Bonchev–Trinajstić information content (AvgIpc) is 2.53. The van der Waals surface area contributed by atoms with E-state index < -0.39 is 23.7 Å². The summed E-state index contributed by atoms with van der Waals surface area (Å²) in [7, 11) is 0. The number of hydrogen-bond acceptors (Lipinski definition) is 5. The van der Waals surface area contributed by atoms with Gasteiger partial charge in [0.05, 0.1) is 0 Å². The van der Waals surface area contributed by atoms with Gasteiger partial charge in [-0.3, -0.25) is 4.79 Å². The van der Waals surface area contributed by atoms with Crippen molar-refractivity contribution in [2.45, 2.75) is 12.5 Å². The zero-order valence-electron chi connectivity index (χ0n) is 12.4. The van der Waals surface area contributed by atoms with Gasteiger partial charge in [0.15, 0.2) is 0 Å². The van der Waals surface area contributed by atoms with Crippen molar-refractivity contribution in [1.82, 2.24) is 5.32 Å². The lowest BCUT2D eigenvalue weighted by molar-refractivity contribution is -0.141. The van der Waals surface area contributed by atoms with Crippen molar-refractivity contribution in [2.75, 3.05) is 17.3 Å². The highest BCUT2D eigenvalue weighted by Crippen LogP contribution is 2.09. The molecular formula is C15H16FN3O3S. The fourth-order valence-corrected chi connectivity index (χ4v) is 2.05. The predicted molar refractivity (Wildman–Crippen MR) is 86.3 cm³/mol. The Kier molecular flexibility index (Phi) is 7.63.